The van der Waals surface area contributed by atoms with Crippen LogP contribution in [0.5, 0.6) is 0 Å². The van der Waals surface area contributed by atoms with Gasteiger partial charge in [-0.1, -0.05) is 42.5 Å². The Morgan fingerprint density at radius 1 is 0.947 bits per heavy atom. The van der Waals surface area contributed by atoms with E-state index in [0.29, 0.717) is 5.65 Å². The summed E-state index contributed by atoms with van der Waals surface area (Å²) >= 11 is 0. The first-order chi connectivity index (χ1) is 9.42. The summed E-state index contributed by atoms with van der Waals surface area (Å²) in [5, 5.41) is 2.38. The molecule has 0 bridgehead atoms. The number of aromatic nitrogens is 4. The molecule has 0 fully saturated rings. The molecular weight excluding hydrogens is 236 g/mol. The second-order valence-electron chi connectivity index (χ2n) is 4.37. The molecule has 2 aromatic heterocycles. The van der Waals surface area contributed by atoms with E-state index >= 15 is 0 Å². The lowest BCUT2D eigenvalue weighted by atomic mass is 10.0. The van der Waals surface area contributed by atoms with E-state index in [1.807, 2.05) is 18.2 Å². The van der Waals surface area contributed by atoms with Gasteiger partial charge in [0.2, 0.25) is 0 Å². The van der Waals surface area contributed by atoms with E-state index in [9.17, 15) is 0 Å². The maximum Gasteiger partial charge on any atom is 0.181 e. The summed E-state index contributed by atoms with van der Waals surface area (Å²) in [4.78, 5) is 15.9. The fourth-order valence-corrected chi connectivity index (χ4v) is 2.32. The van der Waals surface area contributed by atoms with E-state index in [1.54, 1.807) is 6.20 Å². The van der Waals surface area contributed by atoms with Crippen LogP contribution in [0, 0.1) is 0 Å². The quantitative estimate of drug-likeness (QED) is 0.561. The predicted molar refractivity (Wildman–Crippen MR) is 74.6 cm³/mol. The zero-order valence-electron chi connectivity index (χ0n) is 10.0. The van der Waals surface area contributed by atoms with Gasteiger partial charge in [-0.2, -0.15) is 0 Å². The van der Waals surface area contributed by atoms with Crippen LogP contribution in [0.25, 0.3) is 33.3 Å². The first kappa shape index (κ1) is 10.2. The van der Waals surface area contributed by atoms with E-state index in [-0.39, 0.29) is 0 Å². The molecule has 0 aliphatic heterocycles. The summed E-state index contributed by atoms with van der Waals surface area (Å²) in [6.45, 7) is 0. The average Bonchev–Trinajstić information content (AvgIpc) is 2.90. The van der Waals surface area contributed by atoms with Crippen LogP contribution in [0.15, 0.2) is 55.0 Å². The van der Waals surface area contributed by atoms with E-state index in [4.69, 9.17) is 0 Å². The number of imidazole rings is 1. The average molecular weight is 246 g/mol. The Bertz CT molecular complexity index is 841. The molecule has 1 N–H and O–H groups in total. The standard InChI is InChI=1S/C15H10N4/c1-2-6-11-10(4-1)5-3-7-12(11)14-18-13-8-16-9-17-15(13)19-14/h1-9H,(H,16,17,18,19). The summed E-state index contributed by atoms with van der Waals surface area (Å²) in [6, 6.07) is 14.5. The van der Waals surface area contributed by atoms with E-state index in [1.165, 1.54) is 17.1 Å². The van der Waals surface area contributed by atoms with Gasteiger partial charge in [0.1, 0.15) is 17.7 Å². The normalized spacial score (nSPS) is 11.2. The largest absolute Gasteiger partial charge is 0.335 e. The molecule has 19 heavy (non-hydrogen) atoms. The van der Waals surface area contributed by atoms with Crippen molar-refractivity contribution in [1.82, 2.24) is 19.9 Å². The first-order valence-corrected chi connectivity index (χ1v) is 6.06. The van der Waals surface area contributed by atoms with Gasteiger partial charge >= 0.3 is 0 Å². The van der Waals surface area contributed by atoms with Crippen molar-refractivity contribution in [1.29, 1.82) is 0 Å². The van der Waals surface area contributed by atoms with Gasteiger partial charge in [-0.25, -0.2) is 15.0 Å². The fourth-order valence-electron chi connectivity index (χ4n) is 2.32. The summed E-state index contributed by atoms with van der Waals surface area (Å²) in [6.07, 6.45) is 3.25. The van der Waals surface area contributed by atoms with Crippen molar-refractivity contribution in [2.75, 3.05) is 0 Å². The number of nitrogens with one attached hydrogen (secondary N) is 1. The minimum atomic E-state index is 0.693. The molecule has 0 aliphatic carbocycles. The lowest BCUT2D eigenvalue weighted by Crippen LogP contribution is -1.83. The highest BCUT2D eigenvalue weighted by molar-refractivity contribution is 5.96. The molecule has 0 atom stereocenters. The van der Waals surface area contributed by atoms with Gasteiger partial charge in [-0.05, 0) is 10.8 Å². The molecule has 90 valence electrons. The van der Waals surface area contributed by atoms with E-state index in [0.717, 1.165) is 16.9 Å². The minimum absolute atomic E-state index is 0.693. The monoisotopic (exact) mass is 246 g/mol. The minimum Gasteiger partial charge on any atom is -0.335 e. The second kappa shape index (κ2) is 3.88. The van der Waals surface area contributed by atoms with Gasteiger partial charge < -0.3 is 4.98 Å². The Labute approximate surface area is 109 Å². The Balaban J connectivity index is 2.03. The lowest BCUT2D eigenvalue weighted by Gasteiger charge is -2.02. The number of nitrogens with zero attached hydrogens (tertiary/aromatic N) is 3. The van der Waals surface area contributed by atoms with Crippen molar-refractivity contribution in [3.8, 4) is 11.4 Å². The molecule has 2 heterocycles. The highest BCUT2D eigenvalue weighted by Crippen LogP contribution is 2.27. The Hall–Kier alpha value is -2.75. The van der Waals surface area contributed by atoms with Gasteiger partial charge in [0, 0.05) is 5.56 Å². The lowest BCUT2D eigenvalue weighted by molar-refractivity contribution is 1.20. The topological polar surface area (TPSA) is 54.5 Å². The molecule has 0 unspecified atom stereocenters. The Kier molecular flexibility index (Phi) is 2.08. The van der Waals surface area contributed by atoms with Gasteiger partial charge in [0.05, 0.1) is 6.20 Å². The van der Waals surface area contributed by atoms with Crippen LogP contribution in [-0.4, -0.2) is 19.9 Å². The van der Waals surface area contributed by atoms with Gasteiger partial charge in [-0.15, -0.1) is 0 Å². The zero-order chi connectivity index (χ0) is 12.7. The van der Waals surface area contributed by atoms with Crippen LogP contribution in [0.4, 0.5) is 0 Å². The van der Waals surface area contributed by atoms with Crippen LogP contribution in [0.1, 0.15) is 0 Å². The van der Waals surface area contributed by atoms with Gasteiger partial charge in [-0.3, -0.25) is 0 Å². The van der Waals surface area contributed by atoms with Gasteiger partial charge in [0.15, 0.2) is 5.65 Å². The number of aromatic amines is 1. The molecule has 0 amide bonds. The third kappa shape index (κ3) is 1.57. The molecular formula is C15H10N4. The van der Waals surface area contributed by atoms with Crippen molar-refractivity contribution in [2.45, 2.75) is 0 Å². The molecule has 0 spiro atoms. The van der Waals surface area contributed by atoms with Crippen molar-refractivity contribution in [2.24, 2.45) is 0 Å². The van der Waals surface area contributed by atoms with Crippen LogP contribution < -0.4 is 0 Å². The fraction of sp³-hybridized carbons (Fsp3) is 0. The summed E-state index contributed by atoms with van der Waals surface area (Å²) in [5.74, 6) is 0.826. The van der Waals surface area contributed by atoms with Crippen LogP contribution in [0.3, 0.4) is 0 Å². The summed E-state index contributed by atoms with van der Waals surface area (Å²) in [7, 11) is 0. The smallest absolute Gasteiger partial charge is 0.181 e. The van der Waals surface area contributed by atoms with Gasteiger partial charge in [0.25, 0.3) is 0 Å². The zero-order valence-corrected chi connectivity index (χ0v) is 10.0. The molecule has 4 rings (SSSR count). The number of hydrogen-bond acceptors (Lipinski definition) is 3. The number of benzene rings is 2. The molecule has 4 aromatic rings. The van der Waals surface area contributed by atoms with Crippen LogP contribution >= 0.6 is 0 Å². The van der Waals surface area contributed by atoms with Crippen molar-refractivity contribution in [3.05, 3.63) is 55.0 Å². The van der Waals surface area contributed by atoms with Crippen LogP contribution in [0.2, 0.25) is 0 Å². The van der Waals surface area contributed by atoms with Crippen molar-refractivity contribution in [3.63, 3.8) is 0 Å². The molecule has 2 aromatic carbocycles. The molecule has 0 saturated carbocycles. The molecule has 0 aliphatic rings. The van der Waals surface area contributed by atoms with Crippen LogP contribution in [-0.2, 0) is 0 Å². The summed E-state index contributed by atoms with van der Waals surface area (Å²) in [5.41, 5.74) is 2.62. The number of H-pyrrole nitrogens is 1. The predicted octanol–water partition coefficient (Wildman–Crippen LogP) is 3.17. The number of rotatable bonds is 1. The molecule has 0 saturated heterocycles. The highest BCUT2D eigenvalue weighted by Gasteiger charge is 2.08. The Morgan fingerprint density at radius 2 is 1.84 bits per heavy atom. The third-order valence-corrected chi connectivity index (χ3v) is 3.21. The maximum atomic E-state index is 4.53. The molecule has 4 heteroatoms. The third-order valence-electron chi connectivity index (χ3n) is 3.21. The number of fused-ring (bicyclic) bond motifs is 2. The molecule has 4 nitrogen and oxygen atoms in total. The maximum absolute atomic E-state index is 4.53. The number of hydrogen-bond donors (Lipinski definition) is 1. The van der Waals surface area contributed by atoms with Crippen molar-refractivity contribution < 1.29 is 0 Å². The second-order valence-corrected chi connectivity index (χ2v) is 4.37. The first-order valence-electron chi connectivity index (χ1n) is 6.06. The van der Waals surface area contributed by atoms with E-state index in [2.05, 4.69) is 44.2 Å². The Morgan fingerprint density at radius 3 is 2.79 bits per heavy atom. The molecule has 0 radical (unpaired) electrons. The highest BCUT2D eigenvalue weighted by atomic mass is 15.0. The van der Waals surface area contributed by atoms with Crippen molar-refractivity contribution >= 4 is 21.9 Å². The van der Waals surface area contributed by atoms with E-state index < -0.39 is 0 Å². The summed E-state index contributed by atoms with van der Waals surface area (Å²) < 4.78 is 0. The SMILES string of the molecule is c1ccc2c(-c3nc4ncncc4[nH]3)cccc2c1.